The molecular weight excluding hydrogens is 271 g/mol. The van der Waals surface area contributed by atoms with E-state index in [4.69, 9.17) is 9.47 Å². The number of benzene rings is 2. The third kappa shape index (κ3) is 4.05. The van der Waals surface area contributed by atoms with Gasteiger partial charge in [0.1, 0.15) is 11.6 Å². The zero-order chi connectivity index (χ0) is 15.5. The second kappa shape index (κ2) is 5.95. The number of carbonyl (C=O) groups excluding carboxylic acids is 1. The van der Waals surface area contributed by atoms with Crippen molar-refractivity contribution in [3.05, 3.63) is 54.3 Å². The molecule has 0 N–H and O–H groups in total. The van der Waals surface area contributed by atoms with Crippen molar-refractivity contribution in [1.82, 2.24) is 0 Å². The summed E-state index contributed by atoms with van der Waals surface area (Å²) >= 11 is 0. The van der Waals surface area contributed by atoms with Crippen LogP contribution in [0.4, 0.5) is 4.39 Å². The van der Waals surface area contributed by atoms with Gasteiger partial charge in [0.25, 0.3) is 0 Å². The van der Waals surface area contributed by atoms with E-state index in [1.165, 1.54) is 24.3 Å². The smallest absolute Gasteiger partial charge is 0.316 e. The lowest BCUT2D eigenvalue weighted by molar-refractivity contribution is -0.143. The van der Waals surface area contributed by atoms with Gasteiger partial charge in [-0.1, -0.05) is 12.1 Å². The van der Waals surface area contributed by atoms with Gasteiger partial charge in [-0.05, 0) is 57.2 Å². The molecule has 21 heavy (non-hydrogen) atoms. The average Bonchev–Trinajstić information content (AvgIpc) is 2.42. The predicted molar refractivity (Wildman–Crippen MR) is 78.0 cm³/mol. The Hall–Kier alpha value is -2.36. The number of para-hydroxylation sites is 2. The molecule has 0 amide bonds. The quantitative estimate of drug-likeness (QED) is 0.613. The Balaban J connectivity index is 2.21. The SMILES string of the molecule is CC(C)(C)C(=O)Oc1ccccc1Oc1ccc(F)cc1. The molecule has 0 radical (unpaired) electrons. The summed E-state index contributed by atoms with van der Waals surface area (Å²) in [5.74, 6) is 0.520. The molecule has 2 aromatic rings. The largest absolute Gasteiger partial charge is 0.453 e. The molecule has 2 aromatic carbocycles. The van der Waals surface area contributed by atoms with Gasteiger partial charge in [0.05, 0.1) is 5.41 Å². The fraction of sp³-hybridized carbons (Fsp3) is 0.235. The van der Waals surface area contributed by atoms with E-state index in [-0.39, 0.29) is 11.8 Å². The Morgan fingerprint density at radius 2 is 1.52 bits per heavy atom. The number of esters is 1. The molecule has 0 heterocycles. The Bertz CT molecular complexity index is 627. The molecule has 0 aromatic heterocycles. The average molecular weight is 288 g/mol. The molecule has 0 aliphatic heterocycles. The molecule has 0 atom stereocenters. The van der Waals surface area contributed by atoms with Crippen molar-refractivity contribution in [3.8, 4) is 17.2 Å². The van der Waals surface area contributed by atoms with Gasteiger partial charge >= 0.3 is 5.97 Å². The summed E-state index contributed by atoms with van der Waals surface area (Å²) in [7, 11) is 0. The molecule has 0 aliphatic carbocycles. The van der Waals surface area contributed by atoms with Crippen LogP contribution in [0.3, 0.4) is 0 Å². The van der Waals surface area contributed by atoms with Crippen LogP contribution in [-0.2, 0) is 4.79 Å². The molecule has 2 rings (SSSR count). The Morgan fingerprint density at radius 1 is 0.952 bits per heavy atom. The predicted octanol–water partition coefficient (Wildman–Crippen LogP) is 4.57. The van der Waals surface area contributed by atoms with E-state index in [0.717, 1.165) is 0 Å². The first-order valence-corrected chi connectivity index (χ1v) is 6.61. The summed E-state index contributed by atoms with van der Waals surface area (Å²) in [6.45, 7) is 5.33. The van der Waals surface area contributed by atoms with Crippen LogP contribution in [-0.4, -0.2) is 5.97 Å². The van der Waals surface area contributed by atoms with Gasteiger partial charge in [0.2, 0.25) is 0 Å². The summed E-state index contributed by atoms with van der Waals surface area (Å²) in [4.78, 5) is 12.0. The fourth-order valence-corrected chi connectivity index (χ4v) is 1.50. The second-order valence-electron chi connectivity index (χ2n) is 5.64. The summed E-state index contributed by atoms with van der Waals surface area (Å²) < 4.78 is 23.9. The van der Waals surface area contributed by atoms with Crippen LogP contribution < -0.4 is 9.47 Å². The first-order chi connectivity index (χ1) is 9.86. The summed E-state index contributed by atoms with van der Waals surface area (Å²) in [5, 5.41) is 0. The Labute approximate surface area is 123 Å². The summed E-state index contributed by atoms with van der Waals surface area (Å²) in [5.41, 5.74) is -0.608. The van der Waals surface area contributed by atoms with Crippen molar-refractivity contribution in [3.63, 3.8) is 0 Å². The third-order valence-electron chi connectivity index (χ3n) is 2.71. The highest BCUT2D eigenvalue weighted by atomic mass is 19.1. The van der Waals surface area contributed by atoms with Gasteiger partial charge in [-0.3, -0.25) is 4.79 Å². The molecule has 110 valence electrons. The van der Waals surface area contributed by atoms with E-state index in [0.29, 0.717) is 17.2 Å². The molecule has 0 aliphatic rings. The van der Waals surface area contributed by atoms with E-state index in [1.807, 2.05) is 0 Å². The second-order valence-corrected chi connectivity index (χ2v) is 5.64. The zero-order valence-corrected chi connectivity index (χ0v) is 12.2. The van der Waals surface area contributed by atoms with Crippen molar-refractivity contribution in [2.24, 2.45) is 5.41 Å². The Kier molecular flexibility index (Phi) is 4.26. The highest BCUT2D eigenvalue weighted by Crippen LogP contribution is 2.32. The van der Waals surface area contributed by atoms with Gasteiger partial charge in [0, 0.05) is 0 Å². The van der Waals surface area contributed by atoms with Crippen molar-refractivity contribution in [2.75, 3.05) is 0 Å². The zero-order valence-electron chi connectivity index (χ0n) is 12.2. The highest BCUT2D eigenvalue weighted by Gasteiger charge is 2.24. The number of ether oxygens (including phenoxy) is 2. The van der Waals surface area contributed by atoms with Crippen LogP contribution in [0.1, 0.15) is 20.8 Å². The minimum atomic E-state index is -0.608. The molecule has 3 nitrogen and oxygen atoms in total. The fourth-order valence-electron chi connectivity index (χ4n) is 1.50. The number of rotatable bonds is 3. The van der Waals surface area contributed by atoms with Crippen LogP contribution >= 0.6 is 0 Å². The van der Waals surface area contributed by atoms with Crippen LogP contribution in [0.5, 0.6) is 17.2 Å². The lowest BCUT2D eigenvalue weighted by atomic mass is 9.97. The van der Waals surface area contributed by atoms with Crippen molar-refractivity contribution in [2.45, 2.75) is 20.8 Å². The van der Waals surface area contributed by atoms with Gasteiger partial charge in [-0.15, -0.1) is 0 Å². The molecule has 0 unspecified atom stereocenters. The molecule has 0 saturated carbocycles. The monoisotopic (exact) mass is 288 g/mol. The normalized spacial score (nSPS) is 11.0. The van der Waals surface area contributed by atoms with E-state index in [2.05, 4.69) is 0 Å². The van der Waals surface area contributed by atoms with E-state index < -0.39 is 5.41 Å². The minimum absolute atomic E-state index is 0.335. The number of hydrogen-bond donors (Lipinski definition) is 0. The maximum absolute atomic E-state index is 12.9. The van der Waals surface area contributed by atoms with Gasteiger partial charge in [0.15, 0.2) is 11.5 Å². The first-order valence-electron chi connectivity index (χ1n) is 6.61. The number of carbonyl (C=O) groups is 1. The van der Waals surface area contributed by atoms with Crippen LogP contribution in [0, 0.1) is 11.2 Å². The maximum atomic E-state index is 12.9. The molecular formula is C17H17FO3. The van der Waals surface area contributed by atoms with E-state index >= 15 is 0 Å². The van der Waals surface area contributed by atoms with Crippen molar-refractivity contribution in [1.29, 1.82) is 0 Å². The first kappa shape index (κ1) is 15.0. The van der Waals surface area contributed by atoms with Gasteiger partial charge < -0.3 is 9.47 Å². The highest BCUT2D eigenvalue weighted by molar-refractivity contribution is 5.78. The molecule has 4 heteroatoms. The number of halogens is 1. The maximum Gasteiger partial charge on any atom is 0.316 e. The summed E-state index contributed by atoms with van der Waals surface area (Å²) in [6, 6.07) is 12.5. The van der Waals surface area contributed by atoms with Crippen molar-refractivity contribution < 1.29 is 18.7 Å². The lowest BCUT2D eigenvalue weighted by Crippen LogP contribution is -2.25. The summed E-state index contributed by atoms with van der Waals surface area (Å²) in [6.07, 6.45) is 0. The van der Waals surface area contributed by atoms with Crippen molar-refractivity contribution >= 4 is 5.97 Å². The number of hydrogen-bond acceptors (Lipinski definition) is 3. The third-order valence-corrected chi connectivity index (χ3v) is 2.71. The standard InChI is InChI=1S/C17H17FO3/c1-17(2,3)16(19)21-15-7-5-4-6-14(15)20-13-10-8-12(18)9-11-13/h4-11H,1-3H3. The molecule has 0 bridgehead atoms. The minimum Gasteiger partial charge on any atom is -0.453 e. The van der Waals surface area contributed by atoms with E-state index in [9.17, 15) is 9.18 Å². The van der Waals surface area contributed by atoms with Gasteiger partial charge in [-0.2, -0.15) is 0 Å². The molecule has 0 fully saturated rings. The molecule has 0 spiro atoms. The van der Waals surface area contributed by atoms with Crippen LogP contribution in [0.25, 0.3) is 0 Å². The Morgan fingerprint density at radius 3 is 2.10 bits per heavy atom. The van der Waals surface area contributed by atoms with Crippen LogP contribution in [0.15, 0.2) is 48.5 Å². The molecule has 0 saturated heterocycles. The van der Waals surface area contributed by atoms with Gasteiger partial charge in [-0.25, -0.2) is 4.39 Å². The van der Waals surface area contributed by atoms with Crippen LogP contribution in [0.2, 0.25) is 0 Å². The van der Waals surface area contributed by atoms with E-state index in [1.54, 1.807) is 45.0 Å². The lowest BCUT2D eigenvalue weighted by Gasteiger charge is -2.18. The topological polar surface area (TPSA) is 35.5 Å².